The average Bonchev–Trinajstić information content (AvgIpc) is 3.13. The van der Waals surface area contributed by atoms with E-state index in [9.17, 15) is 4.79 Å². The first-order valence-electron chi connectivity index (χ1n) is 7.96. The molecule has 0 unspecified atom stereocenters. The molecule has 2 N–H and O–H groups in total. The SMILES string of the molecule is COc1cc(OC)cc(OCCCN(C)C(=O)c2coc(CN)c2)c1.Cl. The molecule has 0 aliphatic heterocycles. The Bertz CT molecular complexity index is 682. The van der Waals surface area contributed by atoms with Crippen LogP contribution in [-0.4, -0.2) is 45.2 Å². The lowest BCUT2D eigenvalue weighted by atomic mass is 10.2. The van der Waals surface area contributed by atoms with Crippen molar-refractivity contribution < 1.29 is 23.4 Å². The van der Waals surface area contributed by atoms with Crippen LogP contribution < -0.4 is 19.9 Å². The minimum atomic E-state index is -0.105. The van der Waals surface area contributed by atoms with E-state index in [1.54, 1.807) is 50.4 Å². The quantitative estimate of drug-likeness (QED) is 0.669. The van der Waals surface area contributed by atoms with E-state index in [0.29, 0.717) is 48.1 Å². The van der Waals surface area contributed by atoms with Crippen molar-refractivity contribution in [2.24, 2.45) is 5.73 Å². The molecular formula is C18H25ClN2O5. The zero-order valence-corrected chi connectivity index (χ0v) is 16.0. The van der Waals surface area contributed by atoms with Gasteiger partial charge in [0.25, 0.3) is 5.91 Å². The Kier molecular flexibility index (Phi) is 8.81. The summed E-state index contributed by atoms with van der Waals surface area (Å²) < 4.78 is 21.3. The lowest BCUT2D eigenvalue weighted by Gasteiger charge is -2.16. The lowest BCUT2D eigenvalue weighted by Crippen LogP contribution is -2.28. The van der Waals surface area contributed by atoms with Crippen molar-refractivity contribution in [1.82, 2.24) is 4.90 Å². The van der Waals surface area contributed by atoms with Gasteiger partial charge in [0.1, 0.15) is 29.3 Å². The number of rotatable bonds is 9. The highest BCUT2D eigenvalue weighted by Crippen LogP contribution is 2.27. The second kappa shape index (κ2) is 10.6. The van der Waals surface area contributed by atoms with E-state index in [-0.39, 0.29) is 24.9 Å². The number of halogens is 1. The van der Waals surface area contributed by atoms with Crippen LogP contribution in [0, 0.1) is 0 Å². The Morgan fingerprint density at radius 2 is 1.73 bits per heavy atom. The van der Waals surface area contributed by atoms with E-state index in [2.05, 4.69) is 0 Å². The molecule has 0 saturated heterocycles. The Labute approximate surface area is 159 Å². The molecule has 1 aromatic heterocycles. The van der Waals surface area contributed by atoms with Gasteiger partial charge in [-0.15, -0.1) is 12.4 Å². The molecule has 1 heterocycles. The third kappa shape index (κ3) is 5.86. The Balaban J connectivity index is 0.00000338. The second-order valence-electron chi connectivity index (χ2n) is 5.48. The van der Waals surface area contributed by atoms with Gasteiger partial charge in [-0.2, -0.15) is 0 Å². The molecule has 0 aliphatic carbocycles. The molecular weight excluding hydrogens is 360 g/mol. The van der Waals surface area contributed by atoms with E-state index >= 15 is 0 Å². The van der Waals surface area contributed by atoms with Crippen LogP contribution in [0.2, 0.25) is 0 Å². The van der Waals surface area contributed by atoms with Gasteiger partial charge in [-0.3, -0.25) is 4.79 Å². The van der Waals surface area contributed by atoms with E-state index in [1.165, 1.54) is 6.26 Å². The summed E-state index contributed by atoms with van der Waals surface area (Å²) in [6.45, 7) is 1.30. The van der Waals surface area contributed by atoms with E-state index < -0.39 is 0 Å². The fraction of sp³-hybridized carbons (Fsp3) is 0.389. The van der Waals surface area contributed by atoms with Gasteiger partial charge >= 0.3 is 0 Å². The van der Waals surface area contributed by atoms with Gasteiger partial charge < -0.3 is 29.3 Å². The number of nitrogens with two attached hydrogens (primary N) is 1. The van der Waals surface area contributed by atoms with Crippen LogP contribution in [0.5, 0.6) is 17.2 Å². The van der Waals surface area contributed by atoms with Crippen LogP contribution in [0.15, 0.2) is 34.9 Å². The van der Waals surface area contributed by atoms with Gasteiger partial charge in [0, 0.05) is 31.8 Å². The summed E-state index contributed by atoms with van der Waals surface area (Å²) in [5.41, 5.74) is 5.98. The van der Waals surface area contributed by atoms with E-state index in [4.69, 9.17) is 24.4 Å². The second-order valence-corrected chi connectivity index (χ2v) is 5.48. The molecule has 0 saturated carbocycles. The summed E-state index contributed by atoms with van der Waals surface area (Å²) in [6.07, 6.45) is 2.11. The number of carbonyl (C=O) groups excluding carboxylic acids is 1. The van der Waals surface area contributed by atoms with Gasteiger partial charge in [-0.25, -0.2) is 0 Å². The average molecular weight is 385 g/mol. The highest BCUT2D eigenvalue weighted by atomic mass is 35.5. The van der Waals surface area contributed by atoms with Crippen LogP contribution >= 0.6 is 12.4 Å². The molecule has 1 aromatic carbocycles. The molecule has 7 nitrogen and oxygen atoms in total. The summed E-state index contributed by atoms with van der Waals surface area (Å²) in [6, 6.07) is 7.02. The number of carbonyl (C=O) groups is 1. The van der Waals surface area contributed by atoms with E-state index in [0.717, 1.165) is 0 Å². The molecule has 144 valence electrons. The normalized spacial score (nSPS) is 10.0. The number of nitrogens with zero attached hydrogens (tertiary/aromatic N) is 1. The number of methoxy groups -OCH3 is 2. The van der Waals surface area contributed by atoms with Crippen molar-refractivity contribution in [3.8, 4) is 17.2 Å². The maximum atomic E-state index is 12.3. The highest BCUT2D eigenvalue weighted by molar-refractivity contribution is 5.93. The standard InChI is InChI=1S/C18H24N2O5.ClH/c1-20(18(21)13-7-17(11-19)25-12-13)5-4-6-24-16-9-14(22-2)8-15(10-16)23-3;/h7-10,12H,4-6,11,19H2,1-3H3;1H. The molecule has 8 heteroatoms. The number of furan rings is 1. The van der Waals surface area contributed by atoms with E-state index in [1.807, 2.05) is 0 Å². The maximum absolute atomic E-state index is 12.3. The Hall–Kier alpha value is -2.38. The maximum Gasteiger partial charge on any atom is 0.256 e. The predicted octanol–water partition coefficient (Wildman–Crippen LogP) is 2.72. The first-order chi connectivity index (χ1) is 12.1. The molecule has 0 aliphatic rings. The third-order valence-corrected chi connectivity index (χ3v) is 3.68. The smallest absolute Gasteiger partial charge is 0.256 e. The monoisotopic (exact) mass is 384 g/mol. The first kappa shape index (κ1) is 21.7. The van der Waals surface area contributed by atoms with Crippen molar-refractivity contribution in [3.05, 3.63) is 41.9 Å². The van der Waals surface area contributed by atoms with Crippen molar-refractivity contribution in [2.45, 2.75) is 13.0 Å². The topological polar surface area (TPSA) is 87.2 Å². The fourth-order valence-corrected chi connectivity index (χ4v) is 2.28. The number of hydrogen-bond donors (Lipinski definition) is 1. The van der Waals surface area contributed by atoms with Gasteiger partial charge in [0.15, 0.2) is 0 Å². The van der Waals surface area contributed by atoms with Gasteiger partial charge in [0.05, 0.1) is 32.9 Å². The molecule has 0 fully saturated rings. The lowest BCUT2D eigenvalue weighted by molar-refractivity contribution is 0.0787. The highest BCUT2D eigenvalue weighted by Gasteiger charge is 2.14. The molecule has 0 atom stereocenters. The minimum Gasteiger partial charge on any atom is -0.496 e. The zero-order valence-electron chi connectivity index (χ0n) is 15.2. The van der Waals surface area contributed by atoms with Crippen LogP contribution in [0.1, 0.15) is 22.5 Å². The minimum absolute atomic E-state index is 0. The summed E-state index contributed by atoms with van der Waals surface area (Å²) in [4.78, 5) is 13.9. The van der Waals surface area contributed by atoms with Crippen molar-refractivity contribution >= 4 is 18.3 Å². The summed E-state index contributed by atoms with van der Waals surface area (Å²) in [5.74, 6) is 2.47. The molecule has 2 aromatic rings. The van der Waals surface area contributed by atoms with Gasteiger partial charge in [-0.05, 0) is 12.5 Å². The van der Waals surface area contributed by atoms with Gasteiger partial charge in [0.2, 0.25) is 0 Å². The van der Waals surface area contributed by atoms with Crippen LogP contribution in [0.3, 0.4) is 0 Å². The first-order valence-corrected chi connectivity index (χ1v) is 7.96. The number of amides is 1. The molecule has 1 amide bonds. The van der Waals surface area contributed by atoms with Gasteiger partial charge in [-0.1, -0.05) is 0 Å². The number of benzene rings is 1. The molecule has 0 bridgehead atoms. The third-order valence-electron chi connectivity index (χ3n) is 3.68. The molecule has 0 radical (unpaired) electrons. The largest absolute Gasteiger partial charge is 0.496 e. The summed E-state index contributed by atoms with van der Waals surface area (Å²) in [7, 11) is 4.92. The Morgan fingerprint density at radius 3 is 2.27 bits per heavy atom. The molecule has 0 spiro atoms. The van der Waals surface area contributed by atoms with Crippen LogP contribution in [-0.2, 0) is 6.54 Å². The number of ether oxygens (including phenoxy) is 3. The van der Waals surface area contributed by atoms with Crippen LogP contribution in [0.25, 0.3) is 0 Å². The predicted molar refractivity (Wildman–Crippen MR) is 100 cm³/mol. The number of hydrogen-bond acceptors (Lipinski definition) is 6. The van der Waals surface area contributed by atoms with Crippen molar-refractivity contribution in [1.29, 1.82) is 0 Å². The Morgan fingerprint density at radius 1 is 1.12 bits per heavy atom. The molecule has 26 heavy (non-hydrogen) atoms. The van der Waals surface area contributed by atoms with Crippen LogP contribution in [0.4, 0.5) is 0 Å². The summed E-state index contributed by atoms with van der Waals surface area (Å²) in [5, 5.41) is 0. The van der Waals surface area contributed by atoms with Crippen molar-refractivity contribution in [3.63, 3.8) is 0 Å². The van der Waals surface area contributed by atoms with Crippen molar-refractivity contribution in [2.75, 3.05) is 34.4 Å². The molecule has 2 rings (SSSR count). The zero-order chi connectivity index (χ0) is 18.2. The summed E-state index contributed by atoms with van der Waals surface area (Å²) >= 11 is 0. The fourth-order valence-electron chi connectivity index (χ4n) is 2.28.